The van der Waals surface area contributed by atoms with E-state index in [9.17, 15) is 8.42 Å². The molecule has 0 heterocycles. The molecule has 0 aliphatic heterocycles. The molecule has 1 atom stereocenters. The highest BCUT2D eigenvalue weighted by Crippen LogP contribution is 2.13. The second kappa shape index (κ2) is 5.60. The van der Waals surface area contributed by atoms with Gasteiger partial charge in [0.2, 0.25) is 0 Å². The third-order valence-corrected chi connectivity index (χ3v) is 4.73. The molecule has 0 fully saturated rings. The third kappa shape index (κ3) is 4.62. The Balaban J connectivity index is 4.39. The van der Waals surface area contributed by atoms with Crippen molar-refractivity contribution in [3.63, 3.8) is 0 Å². The highest BCUT2D eigenvalue weighted by Gasteiger charge is 2.23. The van der Waals surface area contributed by atoms with Crippen molar-refractivity contribution in [1.82, 2.24) is 0 Å². The van der Waals surface area contributed by atoms with E-state index < -0.39 is 9.84 Å². The zero-order valence-corrected chi connectivity index (χ0v) is 9.60. The Morgan fingerprint density at radius 3 is 2.15 bits per heavy atom. The quantitative estimate of drug-likeness (QED) is 0.711. The fourth-order valence-corrected chi connectivity index (χ4v) is 3.63. The summed E-state index contributed by atoms with van der Waals surface area (Å²) in [6, 6.07) is 0. The number of rotatable bonds is 6. The van der Waals surface area contributed by atoms with Crippen LogP contribution < -0.4 is 5.73 Å². The van der Waals surface area contributed by atoms with Crippen LogP contribution in [0.2, 0.25) is 0 Å². The van der Waals surface area contributed by atoms with Crippen molar-refractivity contribution in [3.8, 4) is 0 Å². The number of hydrogen-bond donors (Lipinski definition) is 1. The maximum atomic E-state index is 11.7. The molecule has 0 spiro atoms. The van der Waals surface area contributed by atoms with Crippen LogP contribution in [0.5, 0.6) is 0 Å². The Kier molecular flexibility index (Phi) is 5.56. The summed E-state index contributed by atoms with van der Waals surface area (Å²) in [6.07, 6.45) is 1.26. The SMILES string of the molecule is CCC(CCN)S(=O)(=O)CC(C)C. The van der Waals surface area contributed by atoms with E-state index in [0.717, 1.165) is 0 Å². The van der Waals surface area contributed by atoms with Crippen LogP contribution in [0, 0.1) is 5.92 Å². The first-order valence-electron chi connectivity index (χ1n) is 4.85. The molecular formula is C9H21NO2S. The van der Waals surface area contributed by atoms with Crippen molar-refractivity contribution >= 4 is 9.84 Å². The predicted molar refractivity (Wildman–Crippen MR) is 56.4 cm³/mol. The average Bonchev–Trinajstić information content (AvgIpc) is 1.97. The summed E-state index contributed by atoms with van der Waals surface area (Å²) in [5.41, 5.74) is 5.37. The fourth-order valence-electron chi connectivity index (χ4n) is 1.42. The highest BCUT2D eigenvalue weighted by molar-refractivity contribution is 7.92. The second-order valence-corrected chi connectivity index (χ2v) is 6.16. The van der Waals surface area contributed by atoms with Gasteiger partial charge in [-0.1, -0.05) is 20.8 Å². The third-order valence-electron chi connectivity index (χ3n) is 2.02. The lowest BCUT2D eigenvalue weighted by Gasteiger charge is -2.16. The van der Waals surface area contributed by atoms with Gasteiger partial charge in [0.1, 0.15) is 0 Å². The van der Waals surface area contributed by atoms with Crippen molar-refractivity contribution in [2.45, 2.75) is 38.9 Å². The van der Waals surface area contributed by atoms with Gasteiger partial charge in [0.05, 0.1) is 11.0 Å². The summed E-state index contributed by atoms with van der Waals surface area (Å²) in [4.78, 5) is 0. The Morgan fingerprint density at radius 2 is 1.85 bits per heavy atom. The summed E-state index contributed by atoms with van der Waals surface area (Å²) in [6.45, 7) is 6.20. The van der Waals surface area contributed by atoms with Gasteiger partial charge in [-0.3, -0.25) is 0 Å². The maximum absolute atomic E-state index is 11.7. The van der Waals surface area contributed by atoms with E-state index in [0.29, 0.717) is 19.4 Å². The molecule has 0 aliphatic rings. The summed E-state index contributed by atoms with van der Waals surface area (Å²) in [7, 11) is -2.91. The van der Waals surface area contributed by atoms with Crippen molar-refractivity contribution < 1.29 is 8.42 Å². The van der Waals surface area contributed by atoms with Crippen LogP contribution in [0.15, 0.2) is 0 Å². The number of hydrogen-bond acceptors (Lipinski definition) is 3. The molecule has 0 saturated heterocycles. The minimum Gasteiger partial charge on any atom is -0.330 e. The highest BCUT2D eigenvalue weighted by atomic mass is 32.2. The van der Waals surface area contributed by atoms with E-state index in [4.69, 9.17) is 5.73 Å². The van der Waals surface area contributed by atoms with Crippen molar-refractivity contribution in [2.24, 2.45) is 11.7 Å². The van der Waals surface area contributed by atoms with Crippen LogP contribution in [0.4, 0.5) is 0 Å². The molecule has 0 rings (SSSR count). The summed E-state index contributed by atoms with van der Waals surface area (Å²) in [5.74, 6) is 0.489. The molecule has 13 heavy (non-hydrogen) atoms. The van der Waals surface area contributed by atoms with Gasteiger partial charge >= 0.3 is 0 Å². The fraction of sp³-hybridized carbons (Fsp3) is 1.00. The molecule has 0 saturated carbocycles. The van der Waals surface area contributed by atoms with Gasteiger partial charge in [0.25, 0.3) is 0 Å². The molecule has 0 aliphatic carbocycles. The van der Waals surface area contributed by atoms with Gasteiger partial charge in [0.15, 0.2) is 9.84 Å². The molecular weight excluding hydrogens is 186 g/mol. The smallest absolute Gasteiger partial charge is 0.153 e. The predicted octanol–water partition coefficient (Wildman–Crippen LogP) is 1.18. The van der Waals surface area contributed by atoms with Gasteiger partial charge in [-0.15, -0.1) is 0 Å². The minimum absolute atomic E-state index is 0.205. The average molecular weight is 207 g/mol. The molecule has 0 amide bonds. The first-order chi connectivity index (χ1) is 5.94. The summed E-state index contributed by atoms with van der Waals surface area (Å²) in [5, 5.41) is -0.236. The molecule has 0 aromatic rings. The van der Waals surface area contributed by atoms with Crippen molar-refractivity contribution in [2.75, 3.05) is 12.3 Å². The van der Waals surface area contributed by atoms with Gasteiger partial charge in [-0.05, 0) is 25.3 Å². The topological polar surface area (TPSA) is 60.2 Å². The largest absolute Gasteiger partial charge is 0.330 e. The van der Waals surface area contributed by atoms with Crippen LogP contribution in [-0.2, 0) is 9.84 Å². The Labute approximate surface area is 81.6 Å². The zero-order valence-electron chi connectivity index (χ0n) is 8.79. The first kappa shape index (κ1) is 12.9. The molecule has 3 nitrogen and oxygen atoms in total. The van der Waals surface area contributed by atoms with Gasteiger partial charge in [-0.2, -0.15) is 0 Å². The van der Waals surface area contributed by atoms with Crippen molar-refractivity contribution in [1.29, 1.82) is 0 Å². The van der Waals surface area contributed by atoms with Crippen LogP contribution in [0.1, 0.15) is 33.6 Å². The van der Waals surface area contributed by atoms with Gasteiger partial charge < -0.3 is 5.73 Å². The Hall–Kier alpha value is -0.0900. The zero-order chi connectivity index (χ0) is 10.5. The maximum Gasteiger partial charge on any atom is 0.153 e. The molecule has 1 unspecified atom stereocenters. The van der Waals surface area contributed by atoms with E-state index in [1.165, 1.54) is 0 Å². The van der Waals surface area contributed by atoms with Crippen LogP contribution in [-0.4, -0.2) is 26.0 Å². The minimum atomic E-state index is -2.91. The lowest BCUT2D eigenvalue weighted by molar-refractivity contribution is 0.555. The van der Waals surface area contributed by atoms with Crippen LogP contribution in [0.25, 0.3) is 0 Å². The molecule has 0 aromatic carbocycles. The summed E-state index contributed by atoms with van der Waals surface area (Å²) >= 11 is 0. The molecule has 80 valence electrons. The Bertz CT molecular complexity index is 222. The monoisotopic (exact) mass is 207 g/mol. The molecule has 0 bridgehead atoms. The van der Waals surface area contributed by atoms with Gasteiger partial charge in [0, 0.05) is 0 Å². The number of nitrogens with two attached hydrogens (primary N) is 1. The van der Waals surface area contributed by atoms with E-state index >= 15 is 0 Å². The molecule has 0 radical (unpaired) electrons. The molecule has 0 aromatic heterocycles. The van der Waals surface area contributed by atoms with Crippen LogP contribution in [0.3, 0.4) is 0 Å². The van der Waals surface area contributed by atoms with E-state index in [-0.39, 0.29) is 16.9 Å². The first-order valence-corrected chi connectivity index (χ1v) is 6.57. The van der Waals surface area contributed by atoms with Crippen molar-refractivity contribution in [3.05, 3.63) is 0 Å². The Morgan fingerprint density at radius 1 is 1.31 bits per heavy atom. The van der Waals surface area contributed by atoms with E-state index in [1.807, 2.05) is 20.8 Å². The lowest BCUT2D eigenvalue weighted by atomic mass is 10.2. The normalized spacial score (nSPS) is 14.8. The van der Waals surface area contributed by atoms with Gasteiger partial charge in [-0.25, -0.2) is 8.42 Å². The second-order valence-electron chi connectivity index (χ2n) is 3.83. The molecule has 4 heteroatoms. The van der Waals surface area contributed by atoms with E-state index in [2.05, 4.69) is 0 Å². The standard InChI is InChI=1S/C9H21NO2S/c1-4-9(5-6-10)13(11,12)7-8(2)3/h8-9H,4-7,10H2,1-3H3. The summed E-state index contributed by atoms with van der Waals surface area (Å²) < 4.78 is 23.4. The van der Waals surface area contributed by atoms with Crippen LogP contribution >= 0.6 is 0 Å². The lowest BCUT2D eigenvalue weighted by Crippen LogP contribution is -2.28. The van der Waals surface area contributed by atoms with E-state index in [1.54, 1.807) is 0 Å². The molecule has 2 N–H and O–H groups in total. The number of sulfone groups is 1.